The number of nitrogens with one attached hydrogen (secondary N) is 1. The zero-order valence-corrected chi connectivity index (χ0v) is 8.38. The molecule has 0 aliphatic carbocycles. The lowest BCUT2D eigenvalue weighted by atomic mass is 10.1. The second kappa shape index (κ2) is 5.13. The van der Waals surface area contributed by atoms with E-state index in [1.54, 1.807) is 24.3 Å². The van der Waals surface area contributed by atoms with E-state index in [1.165, 1.54) is 0 Å². The summed E-state index contributed by atoms with van der Waals surface area (Å²) in [5.41, 5.74) is 6.46. The molecule has 6 heteroatoms. The van der Waals surface area contributed by atoms with E-state index in [2.05, 4.69) is 5.32 Å². The monoisotopic (exact) mass is 224 g/mol. The Kier molecular flexibility index (Phi) is 3.84. The number of hydrogen-bond donors (Lipinski definition) is 4. The van der Waals surface area contributed by atoms with Crippen LogP contribution in [0.4, 0.5) is 5.69 Å². The van der Waals surface area contributed by atoms with E-state index >= 15 is 0 Å². The van der Waals surface area contributed by atoms with E-state index in [9.17, 15) is 9.59 Å². The van der Waals surface area contributed by atoms with E-state index < -0.39 is 18.0 Å². The van der Waals surface area contributed by atoms with Crippen molar-refractivity contribution in [1.82, 2.24) is 0 Å². The van der Waals surface area contributed by atoms with Gasteiger partial charge < -0.3 is 21.3 Å². The molecule has 0 saturated carbocycles. The van der Waals surface area contributed by atoms with Gasteiger partial charge in [-0.05, 0) is 17.7 Å². The minimum Gasteiger partial charge on any atom is -0.480 e. The molecule has 1 rings (SSSR count). The Morgan fingerprint density at radius 1 is 1.25 bits per heavy atom. The van der Waals surface area contributed by atoms with Gasteiger partial charge in [0.25, 0.3) is 0 Å². The molecule has 1 aromatic carbocycles. The lowest BCUT2D eigenvalue weighted by Gasteiger charge is -2.08. The molecule has 0 fully saturated rings. The Balaban J connectivity index is 2.67. The molecule has 0 amide bonds. The highest BCUT2D eigenvalue weighted by Crippen LogP contribution is 2.14. The zero-order chi connectivity index (χ0) is 12.1. The van der Waals surface area contributed by atoms with Gasteiger partial charge in [-0.3, -0.25) is 9.59 Å². The summed E-state index contributed by atoms with van der Waals surface area (Å²) < 4.78 is 0. The summed E-state index contributed by atoms with van der Waals surface area (Å²) in [7, 11) is 0. The van der Waals surface area contributed by atoms with Crippen LogP contribution in [0.5, 0.6) is 0 Å². The van der Waals surface area contributed by atoms with Crippen molar-refractivity contribution >= 4 is 17.6 Å². The molecule has 0 aromatic heterocycles. The van der Waals surface area contributed by atoms with Gasteiger partial charge in [0.05, 0.1) is 0 Å². The largest absolute Gasteiger partial charge is 0.480 e. The van der Waals surface area contributed by atoms with Crippen LogP contribution in [0.3, 0.4) is 0 Å². The standard InChI is InChI=1S/C10H12N2O4/c11-9(10(15)16)6-1-3-7(4-2-6)12-5-8(13)14/h1-4,9,12H,5,11H2,(H,13,14)(H,15,16)/t9-/m1/s1. The maximum absolute atomic E-state index is 10.6. The minimum absolute atomic E-state index is 0.190. The molecule has 0 spiro atoms. The van der Waals surface area contributed by atoms with Gasteiger partial charge in [-0.15, -0.1) is 0 Å². The van der Waals surface area contributed by atoms with Crippen molar-refractivity contribution in [2.24, 2.45) is 5.73 Å². The molecule has 0 aliphatic rings. The molecule has 0 bridgehead atoms. The van der Waals surface area contributed by atoms with Crippen LogP contribution >= 0.6 is 0 Å². The molecular formula is C10H12N2O4. The highest BCUT2D eigenvalue weighted by molar-refractivity contribution is 5.76. The molecule has 0 heterocycles. The van der Waals surface area contributed by atoms with E-state index in [0.717, 1.165) is 0 Å². The Labute approximate surface area is 91.7 Å². The predicted octanol–water partition coefficient (Wildman–Crippen LogP) is 0.267. The van der Waals surface area contributed by atoms with Crippen LogP contribution in [-0.2, 0) is 9.59 Å². The first-order valence-electron chi connectivity index (χ1n) is 4.54. The van der Waals surface area contributed by atoms with Crippen LogP contribution in [0, 0.1) is 0 Å². The topological polar surface area (TPSA) is 113 Å². The fraction of sp³-hybridized carbons (Fsp3) is 0.200. The smallest absolute Gasteiger partial charge is 0.325 e. The number of aliphatic carboxylic acids is 2. The van der Waals surface area contributed by atoms with Crippen LogP contribution < -0.4 is 11.1 Å². The highest BCUT2D eigenvalue weighted by atomic mass is 16.4. The number of rotatable bonds is 5. The Hall–Kier alpha value is -2.08. The molecule has 5 N–H and O–H groups in total. The fourth-order valence-corrected chi connectivity index (χ4v) is 1.13. The minimum atomic E-state index is -1.11. The summed E-state index contributed by atoms with van der Waals surface area (Å²) >= 11 is 0. The third kappa shape index (κ3) is 3.25. The number of carboxylic acids is 2. The third-order valence-corrected chi connectivity index (χ3v) is 1.98. The number of carbonyl (C=O) groups is 2. The van der Waals surface area contributed by atoms with Gasteiger partial charge in [-0.1, -0.05) is 12.1 Å². The Morgan fingerprint density at radius 2 is 1.81 bits per heavy atom. The van der Waals surface area contributed by atoms with E-state index in [0.29, 0.717) is 11.3 Å². The van der Waals surface area contributed by atoms with Crippen molar-refractivity contribution in [1.29, 1.82) is 0 Å². The van der Waals surface area contributed by atoms with Crippen LogP contribution in [0.25, 0.3) is 0 Å². The lowest BCUT2D eigenvalue weighted by Crippen LogP contribution is -2.20. The third-order valence-electron chi connectivity index (χ3n) is 1.98. The van der Waals surface area contributed by atoms with E-state index in [4.69, 9.17) is 15.9 Å². The Morgan fingerprint density at radius 3 is 2.25 bits per heavy atom. The number of benzene rings is 1. The average molecular weight is 224 g/mol. The van der Waals surface area contributed by atoms with Crippen LogP contribution in [0.1, 0.15) is 11.6 Å². The number of carboxylic acid groups (broad SMARTS) is 2. The molecule has 6 nitrogen and oxygen atoms in total. The van der Waals surface area contributed by atoms with Crippen LogP contribution in [0.2, 0.25) is 0 Å². The predicted molar refractivity (Wildman–Crippen MR) is 57.1 cm³/mol. The molecule has 16 heavy (non-hydrogen) atoms. The molecule has 1 aromatic rings. The van der Waals surface area contributed by atoms with E-state index in [1.807, 2.05) is 0 Å². The van der Waals surface area contributed by atoms with Gasteiger partial charge in [0.2, 0.25) is 0 Å². The summed E-state index contributed by atoms with van der Waals surface area (Å²) in [6.45, 7) is -0.190. The SMILES string of the molecule is N[C@@H](C(=O)O)c1ccc(NCC(=O)O)cc1. The van der Waals surface area contributed by atoms with Crippen molar-refractivity contribution in [2.75, 3.05) is 11.9 Å². The van der Waals surface area contributed by atoms with Gasteiger partial charge in [0.15, 0.2) is 0 Å². The second-order valence-corrected chi connectivity index (χ2v) is 3.19. The van der Waals surface area contributed by atoms with Crippen molar-refractivity contribution in [3.05, 3.63) is 29.8 Å². The summed E-state index contributed by atoms with van der Waals surface area (Å²) in [4.78, 5) is 20.9. The number of nitrogens with two attached hydrogens (primary N) is 1. The Bertz CT molecular complexity index is 388. The summed E-state index contributed by atoms with van der Waals surface area (Å²) in [6, 6.07) is 5.20. The number of hydrogen-bond acceptors (Lipinski definition) is 4. The highest BCUT2D eigenvalue weighted by Gasteiger charge is 2.13. The van der Waals surface area contributed by atoms with Gasteiger partial charge in [0, 0.05) is 5.69 Å². The first kappa shape index (κ1) is 12.0. The van der Waals surface area contributed by atoms with Gasteiger partial charge in [-0.2, -0.15) is 0 Å². The van der Waals surface area contributed by atoms with Crippen molar-refractivity contribution < 1.29 is 19.8 Å². The fourth-order valence-electron chi connectivity index (χ4n) is 1.13. The normalized spacial score (nSPS) is 11.8. The molecule has 86 valence electrons. The summed E-state index contributed by atoms with van der Waals surface area (Å²) in [6.07, 6.45) is 0. The van der Waals surface area contributed by atoms with Crippen molar-refractivity contribution in [3.8, 4) is 0 Å². The van der Waals surface area contributed by atoms with Crippen molar-refractivity contribution in [2.45, 2.75) is 6.04 Å². The van der Waals surface area contributed by atoms with Crippen LogP contribution in [0.15, 0.2) is 24.3 Å². The first-order valence-corrected chi connectivity index (χ1v) is 4.54. The van der Waals surface area contributed by atoms with E-state index in [-0.39, 0.29) is 6.54 Å². The zero-order valence-electron chi connectivity index (χ0n) is 8.38. The molecule has 0 aliphatic heterocycles. The maximum Gasteiger partial charge on any atom is 0.325 e. The average Bonchev–Trinajstić information content (AvgIpc) is 2.26. The molecule has 0 saturated heterocycles. The molecule has 0 radical (unpaired) electrons. The molecule has 1 atom stereocenters. The second-order valence-electron chi connectivity index (χ2n) is 3.19. The van der Waals surface area contributed by atoms with Crippen molar-refractivity contribution in [3.63, 3.8) is 0 Å². The molecule has 0 unspecified atom stereocenters. The van der Waals surface area contributed by atoms with Gasteiger partial charge >= 0.3 is 11.9 Å². The summed E-state index contributed by atoms with van der Waals surface area (Å²) in [5, 5.41) is 19.7. The lowest BCUT2D eigenvalue weighted by molar-refractivity contribution is -0.138. The number of anilines is 1. The molecular weight excluding hydrogens is 212 g/mol. The first-order chi connectivity index (χ1) is 7.50. The van der Waals surface area contributed by atoms with Gasteiger partial charge in [0.1, 0.15) is 12.6 Å². The van der Waals surface area contributed by atoms with Crippen LogP contribution in [-0.4, -0.2) is 28.7 Å². The summed E-state index contributed by atoms with van der Waals surface area (Å²) in [5.74, 6) is -2.07. The quantitative estimate of drug-likeness (QED) is 0.571. The van der Waals surface area contributed by atoms with Gasteiger partial charge in [-0.25, -0.2) is 0 Å². The maximum atomic E-state index is 10.6.